The minimum atomic E-state index is -0.0521. The summed E-state index contributed by atoms with van der Waals surface area (Å²) in [6, 6.07) is 8.17. The van der Waals surface area contributed by atoms with E-state index < -0.39 is 0 Å². The Balaban J connectivity index is 1.72. The van der Waals surface area contributed by atoms with Gasteiger partial charge in [-0.15, -0.1) is 0 Å². The van der Waals surface area contributed by atoms with Crippen LogP contribution in [0.3, 0.4) is 0 Å². The first-order valence-corrected chi connectivity index (χ1v) is 6.92. The summed E-state index contributed by atoms with van der Waals surface area (Å²) in [4.78, 5) is 8.78. The van der Waals surface area contributed by atoms with E-state index in [1.54, 1.807) is 0 Å². The Bertz CT molecular complexity index is 580. The van der Waals surface area contributed by atoms with Crippen molar-refractivity contribution in [1.82, 2.24) is 9.97 Å². The highest BCUT2D eigenvalue weighted by Crippen LogP contribution is 2.18. The van der Waals surface area contributed by atoms with Crippen molar-refractivity contribution in [2.45, 2.75) is 26.1 Å². The van der Waals surface area contributed by atoms with Crippen molar-refractivity contribution >= 4 is 0 Å². The van der Waals surface area contributed by atoms with Gasteiger partial charge in [-0.2, -0.15) is 0 Å². The molecule has 104 valence electrons. The fraction of sp³-hybridized carbons (Fsp3) is 0.375. The zero-order chi connectivity index (χ0) is 13.8. The molecule has 0 N–H and O–H groups in total. The van der Waals surface area contributed by atoms with Crippen LogP contribution < -0.4 is 0 Å². The van der Waals surface area contributed by atoms with Crippen LogP contribution in [0.5, 0.6) is 0 Å². The Hall–Kier alpha value is -1.78. The normalized spacial score (nSPS) is 15.7. The third-order valence-electron chi connectivity index (χ3n) is 3.36. The van der Waals surface area contributed by atoms with Crippen LogP contribution in [0.15, 0.2) is 36.7 Å². The van der Waals surface area contributed by atoms with Gasteiger partial charge in [0.1, 0.15) is 0 Å². The summed E-state index contributed by atoms with van der Waals surface area (Å²) in [5.41, 5.74) is 4.26. The molecular weight excluding hydrogens is 252 g/mol. The molecule has 20 heavy (non-hydrogen) atoms. The topological polar surface area (TPSA) is 44.2 Å². The second-order valence-corrected chi connectivity index (χ2v) is 4.98. The highest BCUT2D eigenvalue weighted by Gasteiger charge is 2.15. The molecule has 0 spiro atoms. The molecule has 3 heterocycles. The van der Waals surface area contributed by atoms with Gasteiger partial charge in [0.25, 0.3) is 0 Å². The van der Waals surface area contributed by atoms with E-state index in [1.165, 1.54) is 11.1 Å². The first-order chi connectivity index (χ1) is 9.81. The van der Waals surface area contributed by atoms with Crippen LogP contribution in [-0.4, -0.2) is 29.5 Å². The highest BCUT2D eigenvalue weighted by atomic mass is 16.7. The van der Waals surface area contributed by atoms with E-state index in [1.807, 2.05) is 24.5 Å². The molecule has 0 aromatic carbocycles. The number of aryl methyl sites for hydroxylation is 2. The fourth-order valence-corrected chi connectivity index (χ4v) is 2.30. The van der Waals surface area contributed by atoms with Crippen LogP contribution in [0, 0.1) is 6.92 Å². The number of hydrogen-bond acceptors (Lipinski definition) is 4. The Labute approximate surface area is 118 Å². The van der Waals surface area contributed by atoms with Crippen molar-refractivity contribution in [3.63, 3.8) is 0 Å². The molecule has 0 unspecified atom stereocenters. The average Bonchev–Trinajstić information content (AvgIpc) is 2.99. The molecular formula is C16H18N2O2. The molecule has 2 aromatic heterocycles. The minimum absolute atomic E-state index is 0.0521. The number of rotatable bonds is 4. The maximum Gasteiger partial charge on any atom is 0.158 e. The van der Waals surface area contributed by atoms with Gasteiger partial charge < -0.3 is 9.47 Å². The fourth-order valence-electron chi connectivity index (χ4n) is 2.30. The van der Waals surface area contributed by atoms with Gasteiger partial charge in [0.05, 0.1) is 24.6 Å². The van der Waals surface area contributed by atoms with Crippen molar-refractivity contribution in [2.24, 2.45) is 0 Å². The molecule has 0 amide bonds. The summed E-state index contributed by atoms with van der Waals surface area (Å²) in [6.07, 6.45) is 5.41. The van der Waals surface area contributed by atoms with Gasteiger partial charge in [-0.3, -0.25) is 9.97 Å². The van der Waals surface area contributed by atoms with Crippen LogP contribution >= 0.6 is 0 Å². The summed E-state index contributed by atoms with van der Waals surface area (Å²) < 4.78 is 10.9. The third-order valence-corrected chi connectivity index (χ3v) is 3.36. The van der Waals surface area contributed by atoms with Crippen LogP contribution in [0.4, 0.5) is 0 Å². The molecule has 3 rings (SSSR count). The number of aromatic nitrogens is 2. The van der Waals surface area contributed by atoms with Crippen molar-refractivity contribution in [2.75, 3.05) is 13.2 Å². The second-order valence-electron chi connectivity index (χ2n) is 4.98. The lowest BCUT2D eigenvalue weighted by atomic mass is 10.1. The molecule has 2 aromatic rings. The van der Waals surface area contributed by atoms with E-state index >= 15 is 0 Å². The Morgan fingerprint density at radius 3 is 2.50 bits per heavy atom. The molecule has 4 nitrogen and oxygen atoms in total. The summed E-state index contributed by atoms with van der Waals surface area (Å²) in [5.74, 6) is 0. The predicted molar refractivity (Wildman–Crippen MR) is 76.2 cm³/mol. The van der Waals surface area contributed by atoms with Crippen LogP contribution in [0.1, 0.15) is 17.5 Å². The number of ether oxygens (including phenoxy) is 2. The standard InChI is InChI=1S/C16H18N2O2/c1-12-4-6-17-14(10-12)15-11-13(5-7-18-15)2-3-16-19-8-9-20-16/h4-7,10-11,16H,2-3,8-9H2,1H3. The Kier molecular flexibility index (Phi) is 4.04. The molecule has 1 aliphatic rings. The molecule has 0 bridgehead atoms. The maximum atomic E-state index is 5.46. The molecule has 0 saturated carbocycles. The zero-order valence-corrected chi connectivity index (χ0v) is 11.6. The lowest BCUT2D eigenvalue weighted by Gasteiger charge is -2.09. The molecule has 4 heteroatoms. The monoisotopic (exact) mass is 270 g/mol. The van der Waals surface area contributed by atoms with Gasteiger partial charge in [-0.05, 0) is 48.7 Å². The lowest BCUT2D eigenvalue weighted by Crippen LogP contribution is -2.08. The van der Waals surface area contributed by atoms with Crippen molar-refractivity contribution in [1.29, 1.82) is 0 Å². The molecule has 0 atom stereocenters. The van der Waals surface area contributed by atoms with E-state index in [-0.39, 0.29) is 6.29 Å². The van der Waals surface area contributed by atoms with E-state index in [4.69, 9.17) is 9.47 Å². The maximum absolute atomic E-state index is 5.46. The van der Waals surface area contributed by atoms with Gasteiger partial charge in [0.2, 0.25) is 0 Å². The van der Waals surface area contributed by atoms with E-state index in [9.17, 15) is 0 Å². The Morgan fingerprint density at radius 2 is 1.75 bits per heavy atom. The molecule has 0 radical (unpaired) electrons. The van der Waals surface area contributed by atoms with Gasteiger partial charge in [-0.25, -0.2) is 0 Å². The number of pyridine rings is 2. The van der Waals surface area contributed by atoms with Crippen molar-refractivity contribution in [3.05, 3.63) is 47.8 Å². The summed E-state index contributed by atoms with van der Waals surface area (Å²) in [6.45, 7) is 3.47. The van der Waals surface area contributed by atoms with Gasteiger partial charge in [-0.1, -0.05) is 0 Å². The van der Waals surface area contributed by atoms with E-state index in [0.29, 0.717) is 13.2 Å². The largest absolute Gasteiger partial charge is 0.350 e. The van der Waals surface area contributed by atoms with Crippen LogP contribution in [-0.2, 0) is 15.9 Å². The van der Waals surface area contributed by atoms with E-state index in [2.05, 4.69) is 29.0 Å². The summed E-state index contributed by atoms with van der Waals surface area (Å²) in [5, 5.41) is 0. The molecule has 1 aliphatic heterocycles. The first kappa shape index (κ1) is 13.2. The first-order valence-electron chi connectivity index (χ1n) is 6.92. The summed E-state index contributed by atoms with van der Waals surface area (Å²) >= 11 is 0. The molecule has 1 fully saturated rings. The number of nitrogens with zero attached hydrogens (tertiary/aromatic N) is 2. The predicted octanol–water partition coefficient (Wildman–Crippen LogP) is 2.76. The number of hydrogen-bond donors (Lipinski definition) is 0. The average molecular weight is 270 g/mol. The van der Waals surface area contributed by atoms with Crippen LogP contribution in [0.2, 0.25) is 0 Å². The Morgan fingerprint density at radius 1 is 1.05 bits per heavy atom. The highest BCUT2D eigenvalue weighted by molar-refractivity contribution is 5.55. The van der Waals surface area contributed by atoms with Gasteiger partial charge >= 0.3 is 0 Å². The summed E-state index contributed by atoms with van der Waals surface area (Å²) in [7, 11) is 0. The third kappa shape index (κ3) is 3.21. The van der Waals surface area contributed by atoms with Gasteiger partial charge in [0.15, 0.2) is 6.29 Å². The SMILES string of the molecule is Cc1ccnc(-c2cc(CCC3OCCO3)ccn2)c1. The van der Waals surface area contributed by atoms with Crippen molar-refractivity contribution < 1.29 is 9.47 Å². The smallest absolute Gasteiger partial charge is 0.158 e. The van der Waals surface area contributed by atoms with Crippen LogP contribution in [0.25, 0.3) is 11.4 Å². The van der Waals surface area contributed by atoms with E-state index in [0.717, 1.165) is 24.2 Å². The lowest BCUT2D eigenvalue weighted by molar-refractivity contribution is -0.0461. The second kappa shape index (κ2) is 6.11. The van der Waals surface area contributed by atoms with Gasteiger partial charge in [0, 0.05) is 18.8 Å². The minimum Gasteiger partial charge on any atom is -0.350 e. The molecule has 0 aliphatic carbocycles. The zero-order valence-electron chi connectivity index (χ0n) is 11.6. The quantitative estimate of drug-likeness (QED) is 0.857. The molecule has 1 saturated heterocycles. The van der Waals surface area contributed by atoms with Crippen molar-refractivity contribution in [3.8, 4) is 11.4 Å².